The van der Waals surface area contributed by atoms with Crippen molar-refractivity contribution in [2.75, 3.05) is 45.2 Å². The molecule has 1 amide bonds. The van der Waals surface area contributed by atoms with Crippen LogP contribution < -0.4 is 16.4 Å². The summed E-state index contributed by atoms with van der Waals surface area (Å²) in [4.78, 5) is 34.8. The summed E-state index contributed by atoms with van der Waals surface area (Å²) in [6, 6.07) is 8.80. The van der Waals surface area contributed by atoms with E-state index >= 15 is 0 Å². The van der Waals surface area contributed by atoms with Crippen molar-refractivity contribution in [3.63, 3.8) is 0 Å². The number of fused-ring (bicyclic) bond motifs is 7. The van der Waals surface area contributed by atoms with Crippen LogP contribution in [0.15, 0.2) is 48.8 Å². The zero-order valence-corrected chi connectivity index (χ0v) is 39.9. The first-order valence-corrected chi connectivity index (χ1v) is 23.9. The highest BCUT2D eigenvalue weighted by molar-refractivity contribution is 5.78. The van der Waals surface area contributed by atoms with E-state index in [9.17, 15) is 14.7 Å². The number of allylic oxidation sites excluding steroid dienone is 1. The molecule has 6 fully saturated rings. The smallest absolute Gasteiger partial charge is 0.306 e. The molecule has 1 saturated heterocycles. The molecule has 0 bridgehead atoms. The fourth-order valence-electron chi connectivity index (χ4n) is 16.1. The summed E-state index contributed by atoms with van der Waals surface area (Å²) in [5, 5.41) is 9.85. The number of anilines is 1. The highest BCUT2D eigenvalue weighted by Gasteiger charge is 2.79. The fourth-order valence-corrected chi connectivity index (χ4v) is 16.1. The molecule has 5 saturated carbocycles. The molecule has 0 radical (unpaired) electrons. The molecule has 10 atom stereocenters. The highest BCUT2D eigenvalue weighted by atomic mass is 16.5. The van der Waals surface area contributed by atoms with Crippen molar-refractivity contribution < 1.29 is 19.4 Å². The molecule has 6 aliphatic rings. The van der Waals surface area contributed by atoms with Crippen LogP contribution in [0.4, 0.5) is 5.69 Å². The van der Waals surface area contributed by atoms with Crippen molar-refractivity contribution in [1.82, 2.24) is 9.80 Å². The molecule has 9 heteroatoms. The van der Waals surface area contributed by atoms with Crippen LogP contribution in [-0.4, -0.2) is 84.2 Å². The molecule has 5 N–H and O–H groups in total. The van der Waals surface area contributed by atoms with Crippen molar-refractivity contribution in [3.05, 3.63) is 54.3 Å². The number of esters is 1. The lowest BCUT2D eigenvalue weighted by Gasteiger charge is -2.77. The van der Waals surface area contributed by atoms with Gasteiger partial charge in [0.05, 0.1) is 12.2 Å². The molecule has 1 aliphatic heterocycles. The monoisotopic (exact) mass is 842 g/mol. The van der Waals surface area contributed by atoms with Crippen molar-refractivity contribution in [3.8, 4) is 0 Å². The topological polar surface area (TPSA) is 125 Å². The lowest BCUT2D eigenvalue weighted by molar-refractivity contribution is -0.260. The Morgan fingerprint density at radius 3 is 2.10 bits per heavy atom. The van der Waals surface area contributed by atoms with Gasteiger partial charge < -0.3 is 31.1 Å². The minimum absolute atomic E-state index is 0.0462. The van der Waals surface area contributed by atoms with Crippen molar-refractivity contribution in [2.24, 2.45) is 61.7 Å². The van der Waals surface area contributed by atoms with E-state index in [2.05, 4.69) is 108 Å². The van der Waals surface area contributed by atoms with Gasteiger partial charge in [-0.3, -0.25) is 14.5 Å². The molecule has 1 heterocycles. The van der Waals surface area contributed by atoms with E-state index in [0.29, 0.717) is 24.7 Å². The Kier molecular flexibility index (Phi) is 11.9. The van der Waals surface area contributed by atoms with E-state index in [1.165, 1.54) is 11.3 Å². The first kappa shape index (κ1) is 46.1. The fraction of sp³-hybridized carbons (Fsp3) is 0.769. The van der Waals surface area contributed by atoms with Crippen LogP contribution in [0.5, 0.6) is 0 Å². The number of amides is 1. The number of benzene rings is 1. The average molecular weight is 842 g/mol. The van der Waals surface area contributed by atoms with Crippen LogP contribution in [-0.2, 0) is 20.9 Å². The number of piperazine rings is 1. The van der Waals surface area contributed by atoms with E-state index in [-0.39, 0.29) is 63.2 Å². The summed E-state index contributed by atoms with van der Waals surface area (Å²) in [5.41, 5.74) is 17.5. The molecule has 5 aliphatic carbocycles. The lowest BCUT2D eigenvalue weighted by atomic mass is 9.29. The van der Waals surface area contributed by atoms with Crippen LogP contribution in [0, 0.1) is 50.2 Å². The highest BCUT2D eigenvalue weighted by Crippen LogP contribution is 2.79. The largest absolute Gasteiger partial charge is 0.513 e. The molecule has 9 nitrogen and oxygen atoms in total. The second-order valence-electron chi connectivity index (χ2n) is 23.8. The van der Waals surface area contributed by atoms with Crippen molar-refractivity contribution >= 4 is 17.6 Å². The Hall–Kier alpha value is -2.88. The molecular formula is C52H83N5O4. The third-order valence-electron chi connectivity index (χ3n) is 19.5. The molecule has 340 valence electrons. The molecular weight excluding hydrogens is 759 g/mol. The van der Waals surface area contributed by atoms with Gasteiger partial charge in [0.2, 0.25) is 5.91 Å². The SMILES string of the molecule is C=C(O)CC(C)(C)CC(=O)OC1CC[C@]2(C)[C@H]3CCC4(N)[C@@](C)(CC[C@@]5(CC(=O)N6CCN(Cc7ccc(N(C)C)cc7)CC6)CC[C@@H](C(=C)C)[C@]45N)[C@]3(C)CC[C@H]2C1(C)C. The number of aliphatic hydroxyl groups excluding tert-OH is 1. The molecule has 7 rings (SSSR count). The van der Waals surface area contributed by atoms with Gasteiger partial charge in [-0.15, -0.1) is 0 Å². The number of hydrogen-bond acceptors (Lipinski definition) is 8. The van der Waals surface area contributed by atoms with Crippen LogP contribution in [0.3, 0.4) is 0 Å². The van der Waals surface area contributed by atoms with Gasteiger partial charge in [0.15, 0.2) is 0 Å². The Balaban J connectivity index is 1.09. The number of rotatable bonds is 11. The molecule has 2 unspecified atom stereocenters. The summed E-state index contributed by atoms with van der Waals surface area (Å²) in [7, 11) is 4.14. The normalized spacial score (nSPS) is 39.6. The van der Waals surface area contributed by atoms with Crippen LogP contribution in [0.2, 0.25) is 0 Å². The van der Waals surface area contributed by atoms with E-state index in [1.54, 1.807) is 0 Å². The number of aliphatic hydroxyl groups is 1. The Labute approximate surface area is 369 Å². The second-order valence-corrected chi connectivity index (χ2v) is 23.8. The van der Waals surface area contributed by atoms with E-state index in [1.807, 2.05) is 13.8 Å². The average Bonchev–Trinajstić information content (AvgIpc) is 3.47. The minimum Gasteiger partial charge on any atom is -0.513 e. The number of carbonyl (C=O) groups excluding carboxylic acids is 2. The number of ether oxygens (including phenoxy) is 1. The van der Waals surface area contributed by atoms with Gasteiger partial charge in [0, 0.05) is 81.8 Å². The van der Waals surface area contributed by atoms with Gasteiger partial charge in [-0.25, -0.2) is 0 Å². The second kappa shape index (κ2) is 15.7. The van der Waals surface area contributed by atoms with Crippen LogP contribution >= 0.6 is 0 Å². The van der Waals surface area contributed by atoms with E-state index in [4.69, 9.17) is 16.2 Å². The number of nitrogens with two attached hydrogens (primary N) is 2. The molecule has 1 aromatic rings. The maximum absolute atomic E-state index is 14.6. The number of carbonyl (C=O) groups is 2. The summed E-state index contributed by atoms with van der Waals surface area (Å²) in [6.07, 6.45) is 10.5. The maximum atomic E-state index is 14.6. The van der Waals surface area contributed by atoms with Gasteiger partial charge in [-0.2, -0.15) is 0 Å². The van der Waals surface area contributed by atoms with Gasteiger partial charge in [0.25, 0.3) is 0 Å². The van der Waals surface area contributed by atoms with E-state index in [0.717, 1.165) is 103 Å². The van der Waals surface area contributed by atoms with Crippen LogP contribution in [0.25, 0.3) is 0 Å². The summed E-state index contributed by atoms with van der Waals surface area (Å²) in [6.45, 7) is 30.8. The summed E-state index contributed by atoms with van der Waals surface area (Å²) >= 11 is 0. The van der Waals surface area contributed by atoms with E-state index < -0.39 is 16.5 Å². The first-order chi connectivity index (χ1) is 28.3. The number of hydrogen-bond donors (Lipinski definition) is 3. The Bertz CT molecular complexity index is 1870. The van der Waals surface area contributed by atoms with Crippen molar-refractivity contribution in [1.29, 1.82) is 0 Å². The first-order valence-electron chi connectivity index (χ1n) is 23.9. The van der Waals surface area contributed by atoms with Gasteiger partial charge >= 0.3 is 5.97 Å². The standard InChI is InChI=1S/C52H83N5O4/c1-35(2)39-17-23-50(32-43(59)57-29-27-56(28-30-57)34-37-13-15-38(16-14-37)55(11)12)26-25-49(10)48(9)22-18-40-46(6,7)42(61-44(60)33-45(4,5)31-36(3)58)20-21-47(40,8)41(48)19-24-51(49,53)52(39,50)54/h13-16,39-42,58H,1,3,17-34,53-54H2,2,4-12H3/t39-,40-,41+,42?,47-,48+,49-,50+,51?,52+/m0/s1. The zero-order chi connectivity index (χ0) is 44.8. The predicted octanol–water partition coefficient (Wildman–Crippen LogP) is 9.40. The molecule has 61 heavy (non-hydrogen) atoms. The predicted molar refractivity (Wildman–Crippen MR) is 248 cm³/mol. The van der Waals surface area contributed by atoms with Crippen molar-refractivity contribution in [2.45, 2.75) is 163 Å². The number of nitrogens with zero attached hydrogens (tertiary/aromatic N) is 3. The molecule has 0 aromatic heterocycles. The van der Waals surface area contributed by atoms with Gasteiger partial charge in [-0.1, -0.05) is 79.3 Å². The lowest BCUT2D eigenvalue weighted by Crippen LogP contribution is -2.86. The third-order valence-corrected chi connectivity index (χ3v) is 19.5. The Morgan fingerprint density at radius 1 is 0.852 bits per heavy atom. The summed E-state index contributed by atoms with van der Waals surface area (Å²) in [5.74, 6) is 1.08. The van der Waals surface area contributed by atoms with Crippen LogP contribution in [0.1, 0.15) is 144 Å². The molecule has 0 spiro atoms. The minimum atomic E-state index is -0.748. The summed E-state index contributed by atoms with van der Waals surface area (Å²) < 4.78 is 6.39. The third kappa shape index (κ3) is 7.21. The molecule has 1 aromatic carbocycles. The quantitative estimate of drug-likeness (QED) is 0.114. The zero-order valence-electron chi connectivity index (χ0n) is 39.9. The maximum Gasteiger partial charge on any atom is 0.306 e. The van der Waals surface area contributed by atoms with Gasteiger partial charge in [0.1, 0.15) is 6.10 Å². The van der Waals surface area contributed by atoms with Gasteiger partial charge in [-0.05, 0) is 134 Å². The Morgan fingerprint density at radius 2 is 1.49 bits per heavy atom.